The van der Waals surface area contributed by atoms with Gasteiger partial charge < -0.3 is 5.32 Å². The maximum Gasteiger partial charge on any atom is 0.0931 e. The van der Waals surface area contributed by atoms with Crippen molar-refractivity contribution in [2.45, 2.75) is 32.9 Å². The minimum absolute atomic E-state index is 0.319. The van der Waals surface area contributed by atoms with Crippen LogP contribution in [0.2, 0.25) is 4.34 Å². The number of aromatic nitrogens is 1. The largest absolute Gasteiger partial charge is 0.304 e. The Kier molecular flexibility index (Phi) is 4.56. The van der Waals surface area contributed by atoms with Crippen LogP contribution in [0.25, 0.3) is 0 Å². The highest BCUT2D eigenvalue weighted by molar-refractivity contribution is 7.16. The van der Waals surface area contributed by atoms with E-state index in [0.717, 1.165) is 23.0 Å². The number of halogens is 1. The fourth-order valence-electron chi connectivity index (χ4n) is 1.51. The van der Waals surface area contributed by atoms with E-state index < -0.39 is 0 Å². The van der Waals surface area contributed by atoms with Crippen molar-refractivity contribution >= 4 is 34.3 Å². The molecule has 1 atom stereocenters. The van der Waals surface area contributed by atoms with Gasteiger partial charge in [0, 0.05) is 22.8 Å². The first-order chi connectivity index (χ1) is 8.19. The van der Waals surface area contributed by atoms with Gasteiger partial charge in [0.2, 0.25) is 0 Å². The average Bonchev–Trinajstić information content (AvgIpc) is 2.94. The Labute approximate surface area is 115 Å². The van der Waals surface area contributed by atoms with Crippen molar-refractivity contribution < 1.29 is 0 Å². The monoisotopic (exact) mass is 286 g/mol. The Balaban J connectivity index is 1.89. The van der Waals surface area contributed by atoms with Gasteiger partial charge in [-0.05, 0) is 25.5 Å². The molecule has 0 saturated carbocycles. The minimum atomic E-state index is 0.319. The van der Waals surface area contributed by atoms with Crippen molar-refractivity contribution in [3.8, 4) is 0 Å². The van der Waals surface area contributed by atoms with Gasteiger partial charge in [0.05, 0.1) is 15.0 Å². The number of aryl methyl sites for hydroxylation is 1. The molecule has 1 N–H and O–H groups in total. The van der Waals surface area contributed by atoms with E-state index >= 15 is 0 Å². The van der Waals surface area contributed by atoms with Crippen LogP contribution in [0.3, 0.4) is 0 Å². The van der Waals surface area contributed by atoms with E-state index in [2.05, 4.69) is 35.6 Å². The highest BCUT2D eigenvalue weighted by Crippen LogP contribution is 2.26. The molecule has 0 fully saturated rings. The molecule has 0 amide bonds. The Hall–Kier alpha value is -0.420. The summed E-state index contributed by atoms with van der Waals surface area (Å²) >= 11 is 9.28. The van der Waals surface area contributed by atoms with Crippen molar-refractivity contribution in [1.29, 1.82) is 0 Å². The average molecular weight is 287 g/mol. The van der Waals surface area contributed by atoms with Crippen LogP contribution in [0.5, 0.6) is 0 Å². The van der Waals surface area contributed by atoms with E-state index in [0.29, 0.717) is 6.04 Å². The Morgan fingerprint density at radius 2 is 2.29 bits per heavy atom. The second-order valence-corrected chi connectivity index (χ2v) is 6.52. The molecule has 0 bridgehead atoms. The summed E-state index contributed by atoms with van der Waals surface area (Å²) in [6, 6.07) is 4.33. The summed E-state index contributed by atoms with van der Waals surface area (Å²) in [4.78, 5) is 5.80. The Morgan fingerprint density at radius 3 is 2.88 bits per heavy atom. The maximum absolute atomic E-state index is 5.92. The third-order valence-corrected chi connectivity index (χ3v) is 4.97. The smallest absolute Gasteiger partial charge is 0.0931 e. The summed E-state index contributed by atoms with van der Waals surface area (Å²) in [5, 5.41) is 6.79. The molecule has 2 nitrogen and oxygen atoms in total. The molecule has 5 heteroatoms. The number of nitrogens with one attached hydrogen (secondary N) is 1. The van der Waals surface area contributed by atoms with Crippen LogP contribution in [0.15, 0.2) is 17.5 Å². The first-order valence-corrected chi connectivity index (χ1v) is 7.68. The van der Waals surface area contributed by atoms with Crippen LogP contribution >= 0.6 is 34.3 Å². The number of hydrogen-bond donors (Lipinski definition) is 1. The summed E-state index contributed by atoms with van der Waals surface area (Å²) < 4.78 is 0.843. The highest BCUT2D eigenvalue weighted by atomic mass is 35.5. The first kappa shape index (κ1) is 13.0. The van der Waals surface area contributed by atoms with Crippen LogP contribution in [0, 0.1) is 0 Å². The van der Waals surface area contributed by atoms with E-state index in [1.165, 1.54) is 9.88 Å². The van der Waals surface area contributed by atoms with Gasteiger partial charge in [0.15, 0.2) is 0 Å². The third kappa shape index (κ3) is 3.52. The molecule has 0 spiro atoms. The van der Waals surface area contributed by atoms with Crippen LogP contribution in [0.1, 0.15) is 35.5 Å². The molecule has 0 aliphatic heterocycles. The van der Waals surface area contributed by atoms with Gasteiger partial charge in [-0.15, -0.1) is 22.7 Å². The molecule has 0 aliphatic carbocycles. The lowest BCUT2D eigenvalue weighted by Gasteiger charge is -2.10. The summed E-state index contributed by atoms with van der Waals surface area (Å²) in [7, 11) is 0. The number of thiazole rings is 1. The third-order valence-electron chi connectivity index (χ3n) is 2.51. The second-order valence-electron chi connectivity index (χ2n) is 3.83. The summed E-state index contributed by atoms with van der Waals surface area (Å²) in [6.07, 6.45) is 1.01. The lowest BCUT2D eigenvalue weighted by molar-refractivity contribution is 0.576. The molecular formula is C12H15ClN2S2. The van der Waals surface area contributed by atoms with Crippen LogP contribution in [-0.4, -0.2) is 4.98 Å². The molecule has 0 aromatic carbocycles. The first-order valence-electron chi connectivity index (χ1n) is 5.61. The van der Waals surface area contributed by atoms with Crippen molar-refractivity contribution in [1.82, 2.24) is 10.3 Å². The molecule has 0 aliphatic rings. The van der Waals surface area contributed by atoms with Crippen LogP contribution in [0.4, 0.5) is 0 Å². The van der Waals surface area contributed by atoms with E-state index in [4.69, 9.17) is 11.6 Å². The normalized spacial score (nSPS) is 12.9. The zero-order valence-electron chi connectivity index (χ0n) is 9.87. The summed E-state index contributed by atoms with van der Waals surface area (Å²) in [5.74, 6) is 0. The van der Waals surface area contributed by atoms with Crippen molar-refractivity contribution in [3.05, 3.63) is 37.4 Å². The van der Waals surface area contributed by atoms with Gasteiger partial charge in [-0.2, -0.15) is 0 Å². The van der Waals surface area contributed by atoms with Crippen LogP contribution < -0.4 is 5.32 Å². The predicted molar refractivity (Wildman–Crippen MR) is 76.1 cm³/mol. The van der Waals surface area contributed by atoms with Gasteiger partial charge in [0.25, 0.3) is 0 Å². The summed E-state index contributed by atoms with van der Waals surface area (Å²) in [6.45, 7) is 5.09. The molecule has 92 valence electrons. The zero-order valence-corrected chi connectivity index (χ0v) is 12.3. The second kappa shape index (κ2) is 5.96. The number of rotatable bonds is 5. The van der Waals surface area contributed by atoms with Gasteiger partial charge in [0.1, 0.15) is 0 Å². The van der Waals surface area contributed by atoms with Crippen molar-refractivity contribution in [2.24, 2.45) is 0 Å². The molecule has 0 radical (unpaired) electrons. The zero-order chi connectivity index (χ0) is 12.3. The topological polar surface area (TPSA) is 24.9 Å². The quantitative estimate of drug-likeness (QED) is 0.888. The fraction of sp³-hybridized carbons (Fsp3) is 0.417. The molecule has 0 saturated heterocycles. The van der Waals surface area contributed by atoms with E-state index in [1.807, 2.05) is 6.07 Å². The van der Waals surface area contributed by atoms with Gasteiger partial charge in [-0.3, -0.25) is 0 Å². The predicted octanol–water partition coefficient (Wildman–Crippen LogP) is 4.27. The highest BCUT2D eigenvalue weighted by Gasteiger charge is 2.08. The molecule has 2 aromatic heterocycles. The molecule has 17 heavy (non-hydrogen) atoms. The molecular weight excluding hydrogens is 272 g/mol. The lowest BCUT2D eigenvalue weighted by atomic mass is 10.2. The SMILES string of the molecule is CCc1nc(CNC(C)c2ccc(Cl)s2)cs1. The molecule has 2 rings (SSSR count). The van der Waals surface area contributed by atoms with E-state index in [1.54, 1.807) is 22.7 Å². The number of thiophene rings is 1. The van der Waals surface area contributed by atoms with Crippen molar-refractivity contribution in [3.63, 3.8) is 0 Å². The summed E-state index contributed by atoms with van der Waals surface area (Å²) in [5.41, 5.74) is 1.13. The van der Waals surface area contributed by atoms with Crippen molar-refractivity contribution in [2.75, 3.05) is 0 Å². The van der Waals surface area contributed by atoms with Gasteiger partial charge in [-0.25, -0.2) is 4.98 Å². The molecule has 2 aromatic rings. The Bertz CT molecular complexity index is 478. The van der Waals surface area contributed by atoms with E-state index in [9.17, 15) is 0 Å². The molecule has 2 heterocycles. The standard InChI is InChI=1S/C12H15ClN2S2/c1-3-12-15-9(7-16-12)6-14-8(2)10-4-5-11(13)17-10/h4-5,7-8,14H,3,6H2,1-2H3. The van der Waals surface area contributed by atoms with Gasteiger partial charge in [-0.1, -0.05) is 18.5 Å². The fourth-order valence-corrected chi connectivity index (χ4v) is 3.34. The lowest BCUT2D eigenvalue weighted by Crippen LogP contribution is -2.17. The van der Waals surface area contributed by atoms with E-state index in [-0.39, 0.29) is 0 Å². The minimum Gasteiger partial charge on any atom is -0.304 e. The Morgan fingerprint density at radius 1 is 1.47 bits per heavy atom. The van der Waals surface area contributed by atoms with Crippen LogP contribution in [-0.2, 0) is 13.0 Å². The molecule has 1 unspecified atom stereocenters. The van der Waals surface area contributed by atoms with Gasteiger partial charge >= 0.3 is 0 Å². The maximum atomic E-state index is 5.92. The number of nitrogens with zero attached hydrogens (tertiary/aromatic N) is 1. The number of hydrogen-bond acceptors (Lipinski definition) is 4.